The molecule has 2 heterocycles. The molecule has 0 aliphatic heterocycles. The highest BCUT2D eigenvalue weighted by molar-refractivity contribution is 7.15. The summed E-state index contributed by atoms with van der Waals surface area (Å²) in [4.78, 5) is 82.8. The molecule has 2 aromatic heterocycles. The van der Waals surface area contributed by atoms with Crippen molar-refractivity contribution in [1.29, 1.82) is 0 Å². The smallest absolute Gasteiger partial charge is 0.348 e. The molecule has 4 saturated carbocycles. The molecule has 0 unspecified atom stereocenters. The van der Waals surface area contributed by atoms with E-state index in [2.05, 4.69) is 37.5 Å². The largest absolute Gasteiger partial charge is 0.477 e. The minimum Gasteiger partial charge on any atom is -0.477 e. The van der Waals surface area contributed by atoms with Gasteiger partial charge < -0.3 is 41.0 Å². The fourth-order valence-corrected chi connectivity index (χ4v) is 12.2. The molecule has 16 heteroatoms. The molecule has 2 amide bonds. The Morgan fingerprint density at radius 3 is 1.22 bits per heavy atom. The summed E-state index contributed by atoms with van der Waals surface area (Å²) in [6.45, 7) is 24.2. The standard InChI is InChI=1S/C31H46N2O5S.C30H44N2O5S/c1-7-20(3)26(32)30(37)38-23-14-12-22(13-15-23)33(28(34)21-10-8-19(2)9-11-21)25-18-24(16-17-31(4,5)6)39-27(25)29(35)36;1-18(2)25(31)29(36)37-22-13-11-21(12-14-22)32(27(33)20-9-7-19(3)8-10-20)24-17-23(15-16-30(4,5)6)38-26(24)28(34)35/h18-23,26H,7-15,32H2,1-6H3,(H,35,36);17-22,25H,7-14,31H2,1-6H3,(H,34,35)/t19?,20-,21?,22?,23?,26-;19?,20?,21?,22?,25-/m01/s1. The van der Waals surface area contributed by atoms with Gasteiger partial charge in [0, 0.05) is 34.7 Å². The number of hydrogen-bond acceptors (Lipinski definition) is 12. The quantitative estimate of drug-likeness (QED) is 0.0967. The lowest BCUT2D eigenvalue weighted by molar-refractivity contribution is -0.154. The topological polar surface area (TPSA) is 220 Å². The van der Waals surface area contributed by atoms with Gasteiger partial charge in [0.1, 0.15) is 34.0 Å². The van der Waals surface area contributed by atoms with Gasteiger partial charge in [-0.3, -0.25) is 19.2 Å². The zero-order valence-corrected chi connectivity index (χ0v) is 49.8. The van der Waals surface area contributed by atoms with Gasteiger partial charge in [0.05, 0.1) is 21.1 Å². The number of amides is 2. The number of aromatic carboxylic acids is 2. The summed E-state index contributed by atoms with van der Waals surface area (Å²) in [7, 11) is 0. The molecule has 14 nitrogen and oxygen atoms in total. The highest BCUT2D eigenvalue weighted by Crippen LogP contribution is 2.41. The van der Waals surface area contributed by atoms with E-state index >= 15 is 0 Å². The van der Waals surface area contributed by atoms with Crippen LogP contribution in [0.3, 0.4) is 0 Å². The van der Waals surface area contributed by atoms with Crippen molar-refractivity contribution in [2.75, 3.05) is 9.80 Å². The Balaban J connectivity index is 0.000000284. The fraction of sp³-hybridized carbons (Fsp3) is 0.705. The molecule has 4 fully saturated rings. The van der Waals surface area contributed by atoms with E-state index in [4.69, 9.17) is 20.9 Å². The van der Waals surface area contributed by atoms with Crippen LogP contribution < -0.4 is 21.3 Å². The van der Waals surface area contributed by atoms with Crippen molar-refractivity contribution < 1.29 is 48.5 Å². The monoisotopic (exact) mass is 1100 g/mol. The van der Waals surface area contributed by atoms with Crippen LogP contribution in [0.25, 0.3) is 0 Å². The molecular weight excluding hydrogens is 1010 g/mol. The Bertz CT molecular complexity index is 2480. The van der Waals surface area contributed by atoms with Crippen LogP contribution in [0.5, 0.6) is 0 Å². The summed E-state index contributed by atoms with van der Waals surface area (Å²) in [6.07, 6.45) is 12.5. The maximum Gasteiger partial charge on any atom is 0.348 e. The van der Waals surface area contributed by atoms with Crippen LogP contribution in [-0.2, 0) is 28.7 Å². The van der Waals surface area contributed by atoms with Gasteiger partial charge in [0.25, 0.3) is 0 Å². The van der Waals surface area contributed by atoms with E-state index < -0.39 is 24.0 Å². The number of rotatable bonds is 15. The maximum absolute atomic E-state index is 14.1. The minimum absolute atomic E-state index is 0.00577. The molecule has 0 saturated heterocycles. The van der Waals surface area contributed by atoms with Crippen LogP contribution in [0.2, 0.25) is 0 Å². The number of hydrogen-bond donors (Lipinski definition) is 4. The zero-order valence-electron chi connectivity index (χ0n) is 48.1. The van der Waals surface area contributed by atoms with Gasteiger partial charge in [0.15, 0.2) is 0 Å². The molecule has 426 valence electrons. The van der Waals surface area contributed by atoms with E-state index in [-0.39, 0.29) is 92.3 Å². The Morgan fingerprint density at radius 2 is 0.922 bits per heavy atom. The molecule has 4 aliphatic carbocycles. The Labute approximate surface area is 467 Å². The Morgan fingerprint density at radius 1 is 0.584 bits per heavy atom. The molecule has 0 radical (unpaired) electrons. The summed E-state index contributed by atoms with van der Waals surface area (Å²) >= 11 is 2.26. The fourth-order valence-electron chi connectivity index (χ4n) is 10.5. The second kappa shape index (κ2) is 27.9. The predicted molar refractivity (Wildman–Crippen MR) is 307 cm³/mol. The van der Waals surface area contributed by atoms with E-state index in [1.807, 2.05) is 69.2 Å². The lowest BCUT2D eigenvalue weighted by atomic mass is 9.81. The summed E-state index contributed by atoms with van der Waals surface area (Å²) in [5.74, 6) is 10.8. The average molecular weight is 1100 g/mol. The average Bonchev–Trinajstić information content (AvgIpc) is 4.01. The van der Waals surface area contributed by atoms with Crippen molar-refractivity contribution in [1.82, 2.24) is 0 Å². The van der Waals surface area contributed by atoms with Crippen molar-refractivity contribution in [3.8, 4) is 23.7 Å². The third-order valence-electron chi connectivity index (χ3n) is 15.8. The van der Waals surface area contributed by atoms with Crippen LogP contribution in [0, 0.1) is 70.0 Å². The highest BCUT2D eigenvalue weighted by atomic mass is 32.1. The first-order valence-electron chi connectivity index (χ1n) is 28.5. The minimum atomic E-state index is -1.05. The van der Waals surface area contributed by atoms with Crippen molar-refractivity contribution in [2.24, 2.45) is 57.8 Å². The molecule has 4 aliphatic rings. The Hall–Kier alpha value is -4.74. The summed E-state index contributed by atoms with van der Waals surface area (Å²) in [6, 6.07) is 1.95. The molecule has 77 heavy (non-hydrogen) atoms. The van der Waals surface area contributed by atoms with E-state index in [1.54, 1.807) is 21.9 Å². The van der Waals surface area contributed by atoms with E-state index in [0.29, 0.717) is 84.3 Å². The molecule has 0 bridgehead atoms. The summed E-state index contributed by atoms with van der Waals surface area (Å²) < 4.78 is 11.4. The number of nitrogens with zero attached hydrogens (tertiary/aromatic N) is 2. The van der Waals surface area contributed by atoms with E-state index in [0.717, 1.165) is 80.5 Å². The first-order chi connectivity index (χ1) is 36.1. The number of nitrogens with two attached hydrogens (primary N) is 2. The third kappa shape index (κ3) is 18.1. The first kappa shape index (κ1) is 63.1. The first-order valence-corrected chi connectivity index (χ1v) is 30.1. The van der Waals surface area contributed by atoms with Crippen LogP contribution >= 0.6 is 22.7 Å². The Kier molecular flexibility index (Phi) is 22.9. The molecule has 6 N–H and O–H groups in total. The van der Waals surface area contributed by atoms with Gasteiger partial charge in [-0.25, -0.2) is 9.59 Å². The van der Waals surface area contributed by atoms with Gasteiger partial charge in [-0.05, 0) is 180 Å². The molecule has 6 rings (SSSR count). The van der Waals surface area contributed by atoms with Crippen molar-refractivity contribution in [3.05, 3.63) is 31.6 Å². The van der Waals surface area contributed by atoms with Crippen molar-refractivity contribution in [3.63, 3.8) is 0 Å². The van der Waals surface area contributed by atoms with Crippen molar-refractivity contribution >= 4 is 69.7 Å². The summed E-state index contributed by atoms with van der Waals surface area (Å²) in [5.41, 5.74) is 12.5. The van der Waals surface area contributed by atoms with Crippen LogP contribution in [0.15, 0.2) is 12.1 Å². The maximum atomic E-state index is 14.1. The molecule has 3 atom stereocenters. The van der Waals surface area contributed by atoms with Gasteiger partial charge in [-0.15, -0.1) is 22.7 Å². The predicted octanol–water partition coefficient (Wildman–Crippen LogP) is 12.1. The third-order valence-corrected chi connectivity index (χ3v) is 17.8. The van der Waals surface area contributed by atoms with Crippen molar-refractivity contribution in [2.45, 2.75) is 229 Å². The second-order valence-electron chi connectivity index (χ2n) is 25.0. The molecular formula is C61H90N4O10S2. The van der Waals surface area contributed by atoms with Crippen LogP contribution in [0.1, 0.15) is 221 Å². The highest BCUT2D eigenvalue weighted by Gasteiger charge is 2.41. The number of thiophene rings is 2. The van der Waals surface area contributed by atoms with Crippen LogP contribution in [-0.4, -0.2) is 82.3 Å². The van der Waals surface area contributed by atoms with Gasteiger partial charge >= 0.3 is 23.9 Å². The second-order valence-corrected chi connectivity index (χ2v) is 27.1. The number of carboxylic acid groups (broad SMARTS) is 2. The lowest BCUT2D eigenvalue weighted by Gasteiger charge is -2.39. The number of ether oxygens (including phenoxy) is 2. The molecule has 0 aromatic carbocycles. The van der Waals surface area contributed by atoms with Crippen LogP contribution in [0.4, 0.5) is 11.4 Å². The molecule has 2 aromatic rings. The van der Waals surface area contributed by atoms with Gasteiger partial charge in [-0.1, -0.05) is 71.6 Å². The number of anilines is 2. The SMILES string of the molecule is CC1CCC(C(=O)N(c2cc(C#CC(C)(C)C)sc2C(=O)O)C2CCC(OC(=O)[C@H](N)C(C)C)CC2)CC1.CC[C@H](C)[C@H](N)C(=O)OC1CCC(N(C(=O)C2CCC(C)CC2)c2cc(C#CC(C)(C)C)sc2C(=O)O)CC1. The van der Waals surface area contributed by atoms with Gasteiger partial charge in [-0.2, -0.15) is 0 Å². The normalized spacial score (nSPS) is 24.9. The number of carboxylic acids is 2. The van der Waals surface area contributed by atoms with Gasteiger partial charge in [0.2, 0.25) is 11.8 Å². The lowest BCUT2D eigenvalue weighted by Crippen LogP contribution is -2.48. The zero-order chi connectivity index (χ0) is 57.1. The number of esters is 2. The van der Waals surface area contributed by atoms with E-state index in [1.165, 1.54) is 0 Å². The summed E-state index contributed by atoms with van der Waals surface area (Å²) in [5, 5.41) is 20.2. The van der Waals surface area contributed by atoms with E-state index in [9.17, 15) is 39.0 Å². The number of carbonyl (C=O) groups is 6. The molecule has 0 spiro atoms. The number of carbonyl (C=O) groups excluding carboxylic acids is 4.